The highest BCUT2D eigenvalue weighted by Crippen LogP contribution is 2.19. The van der Waals surface area contributed by atoms with E-state index in [1.807, 2.05) is 0 Å². The van der Waals surface area contributed by atoms with Gasteiger partial charge >= 0.3 is 0 Å². The van der Waals surface area contributed by atoms with Crippen LogP contribution in [0.1, 0.15) is 39.0 Å². The van der Waals surface area contributed by atoms with Gasteiger partial charge in [-0.25, -0.2) is 0 Å². The average molecular weight is 126 g/mol. The second kappa shape index (κ2) is 3.00. The van der Waals surface area contributed by atoms with Crippen molar-refractivity contribution in [2.24, 2.45) is 5.92 Å². The SMILES string of the molecule is CC1CCCCC(=O)C1. The van der Waals surface area contributed by atoms with Gasteiger partial charge in [-0.1, -0.05) is 19.8 Å². The fraction of sp³-hybridized carbons (Fsp3) is 0.875. The highest BCUT2D eigenvalue weighted by atomic mass is 16.1. The molecule has 1 saturated carbocycles. The summed E-state index contributed by atoms with van der Waals surface area (Å²) in [5.41, 5.74) is 0. The molecule has 0 aromatic carbocycles. The molecule has 9 heavy (non-hydrogen) atoms. The number of carbonyl (C=O) groups excluding carboxylic acids is 1. The fourth-order valence-corrected chi connectivity index (χ4v) is 1.41. The van der Waals surface area contributed by atoms with Crippen LogP contribution in [0.3, 0.4) is 0 Å². The van der Waals surface area contributed by atoms with Crippen LogP contribution in [0.4, 0.5) is 0 Å². The molecule has 0 heterocycles. The third-order valence-electron chi connectivity index (χ3n) is 1.98. The maximum Gasteiger partial charge on any atom is 0.133 e. The lowest BCUT2D eigenvalue weighted by Crippen LogP contribution is -1.99. The average Bonchev–Trinajstić information content (AvgIpc) is 1.93. The van der Waals surface area contributed by atoms with Crippen molar-refractivity contribution in [3.63, 3.8) is 0 Å². The molecule has 0 bridgehead atoms. The van der Waals surface area contributed by atoms with Crippen LogP contribution in [0.15, 0.2) is 0 Å². The van der Waals surface area contributed by atoms with Gasteiger partial charge in [0, 0.05) is 12.8 Å². The summed E-state index contributed by atoms with van der Waals surface area (Å²) in [5.74, 6) is 1.13. The maximum absolute atomic E-state index is 10.9. The summed E-state index contributed by atoms with van der Waals surface area (Å²) in [4.78, 5) is 10.9. The molecular weight excluding hydrogens is 112 g/mol. The number of ketones is 1. The Balaban J connectivity index is 2.37. The van der Waals surface area contributed by atoms with Crippen molar-refractivity contribution in [3.8, 4) is 0 Å². The van der Waals surface area contributed by atoms with Crippen LogP contribution < -0.4 is 0 Å². The third-order valence-corrected chi connectivity index (χ3v) is 1.98. The Labute approximate surface area is 56.4 Å². The van der Waals surface area contributed by atoms with Crippen molar-refractivity contribution in [2.75, 3.05) is 0 Å². The molecule has 1 rings (SSSR count). The van der Waals surface area contributed by atoms with Crippen molar-refractivity contribution in [2.45, 2.75) is 39.0 Å². The standard InChI is InChI=1S/C8H14O/c1-7-4-2-3-5-8(9)6-7/h7H,2-6H2,1H3. The van der Waals surface area contributed by atoms with Gasteiger partial charge in [-0.3, -0.25) is 4.79 Å². The molecule has 52 valence electrons. The van der Waals surface area contributed by atoms with Gasteiger partial charge in [-0.15, -0.1) is 0 Å². The van der Waals surface area contributed by atoms with E-state index in [2.05, 4.69) is 6.92 Å². The number of hydrogen-bond donors (Lipinski definition) is 0. The molecular formula is C8H14O. The van der Waals surface area contributed by atoms with Crippen molar-refractivity contribution in [1.29, 1.82) is 0 Å². The van der Waals surface area contributed by atoms with Crippen LogP contribution >= 0.6 is 0 Å². The maximum atomic E-state index is 10.9. The van der Waals surface area contributed by atoms with Crippen LogP contribution in [-0.2, 0) is 4.79 Å². The summed E-state index contributed by atoms with van der Waals surface area (Å²) in [6.45, 7) is 2.17. The molecule has 0 radical (unpaired) electrons. The molecule has 0 aromatic rings. The van der Waals surface area contributed by atoms with E-state index in [-0.39, 0.29) is 0 Å². The molecule has 1 unspecified atom stereocenters. The zero-order valence-electron chi connectivity index (χ0n) is 6.02. The van der Waals surface area contributed by atoms with Crippen LogP contribution in [-0.4, -0.2) is 5.78 Å². The van der Waals surface area contributed by atoms with Gasteiger partial charge in [0.25, 0.3) is 0 Å². The predicted molar refractivity (Wildman–Crippen MR) is 37.3 cm³/mol. The van der Waals surface area contributed by atoms with E-state index in [0.717, 1.165) is 19.3 Å². The molecule has 0 aromatic heterocycles. The topological polar surface area (TPSA) is 17.1 Å². The summed E-state index contributed by atoms with van der Waals surface area (Å²) in [6.07, 6.45) is 5.31. The molecule has 1 atom stereocenters. The van der Waals surface area contributed by atoms with Crippen LogP contribution in [0, 0.1) is 5.92 Å². The predicted octanol–water partition coefficient (Wildman–Crippen LogP) is 2.16. The molecule has 1 nitrogen and oxygen atoms in total. The van der Waals surface area contributed by atoms with Gasteiger partial charge in [-0.05, 0) is 12.3 Å². The first-order valence-corrected chi connectivity index (χ1v) is 3.81. The van der Waals surface area contributed by atoms with Crippen molar-refractivity contribution in [1.82, 2.24) is 0 Å². The van der Waals surface area contributed by atoms with E-state index < -0.39 is 0 Å². The zero-order valence-corrected chi connectivity index (χ0v) is 6.02. The molecule has 1 aliphatic carbocycles. The third kappa shape index (κ3) is 2.17. The van der Waals surface area contributed by atoms with Crippen LogP contribution in [0.5, 0.6) is 0 Å². The first-order chi connectivity index (χ1) is 4.29. The van der Waals surface area contributed by atoms with E-state index in [9.17, 15) is 4.79 Å². The number of hydrogen-bond acceptors (Lipinski definition) is 1. The molecule has 0 spiro atoms. The molecule has 1 fully saturated rings. The lowest BCUT2D eigenvalue weighted by Gasteiger charge is -2.02. The highest BCUT2D eigenvalue weighted by Gasteiger charge is 2.12. The van der Waals surface area contributed by atoms with E-state index in [1.54, 1.807) is 0 Å². The molecule has 0 amide bonds. The second-order valence-electron chi connectivity index (χ2n) is 3.09. The first kappa shape index (κ1) is 6.79. The van der Waals surface area contributed by atoms with Crippen LogP contribution in [0.2, 0.25) is 0 Å². The van der Waals surface area contributed by atoms with Crippen molar-refractivity contribution < 1.29 is 4.79 Å². The van der Waals surface area contributed by atoms with Gasteiger partial charge in [0.2, 0.25) is 0 Å². The fourth-order valence-electron chi connectivity index (χ4n) is 1.41. The van der Waals surface area contributed by atoms with Crippen molar-refractivity contribution in [3.05, 3.63) is 0 Å². The Hall–Kier alpha value is -0.330. The van der Waals surface area contributed by atoms with E-state index in [4.69, 9.17) is 0 Å². The zero-order chi connectivity index (χ0) is 6.69. The Morgan fingerprint density at radius 2 is 2.22 bits per heavy atom. The summed E-state index contributed by atoms with van der Waals surface area (Å²) < 4.78 is 0. The Morgan fingerprint density at radius 1 is 1.44 bits per heavy atom. The van der Waals surface area contributed by atoms with Gasteiger partial charge in [-0.2, -0.15) is 0 Å². The monoisotopic (exact) mass is 126 g/mol. The summed E-state index contributed by atoms with van der Waals surface area (Å²) in [7, 11) is 0. The molecule has 1 aliphatic rings. The smallest absolute Gasteiger partial charge is 0.133 e. The van der Waals surface area contributed by atoms with Gasteiger partial charge in [0.1, 0.15) is 5.78 Å². The number of rotatable bonds is 0. The lowest BCUT2D eigenvalue weighted by atomic mass is 10.0. The van der Waals surface area contributed by atoms with Gasteiger partial charge in [0.15, 0.2) is 0 Å². The Bertz CT molecular complexity index is 107. The molecule has 0 N–H and O–H groups in total. The lowest BCUT2D eigenvalue weighted by molar-refractivity contribution is -0.119. The highest BCUT2D eigenvalue weighted by molar-refractivity contribution is 5.78. The minimum atomic E-state index is 0.472. The summed E-state index contributed by atoms with van der Waals surface area (Å²) in [5, 5.41) is 0. The minimum Gasteiger partial charge on any atom is -0.300 e. The van der Waals surface area contributed by atoms with Crippen molar-refractivity contribution >= 4 is 5.78 Å². The van der Waals surface area contributed by atoms with Gasteiger partial charge < -0.3 is 0 Å². The number of Topliss-reactive ketones (excluding diaryl/α,β-unsaturated/α-hetero) is 1. The van der Waals surface area contributed by atoms with Crippen LogP contribution in [0.25, 0.3) is 0 Å². The first-order valence-electron chi connectivity index (χ1n) is 3.81. The Kier molecular flexibility index (Phi) is 2.26. The largest absolute Gasteiger partial charge is 0.300 e. The summed E-state index contributed by atoms with van der Waals surface area (Å²) >= 11 is 0. The second-order valence-corrected chi connectivity index (χ2v) is 3.09. The molecule has 0 aliphatic heterocycles. The Morgan fingerprint density at radius 3 is 3.00 bits per heavy atom. The summed E-state index contributed by atoms with van der Waals surface area (Å²) in [6, 6.07) is 0. The molecule has 1 heteroatoms. The van der Waals surface area contributed by atoms with E-state index in [0.29, 0.717) is 11.7 Å². The van der Waals surface area contributed by atoms with E-state index in [1.165, 1.54) is 12.8 Å². The minimum absolute atomic E-state index is 0.472. The quantitative estimate of drug-likeness (QED) is 0.454. The van der Waals surface area contributed by atoms with E-state index >= 15 is 0 Å². The normalized spacial score (nSPS) is 29.9. The van der Waals surface area contributed by atoms with Gasteiger partial charge in [0.05, 0.1) is 0 Å². The molecule has 0 saturated heterocycles. The number of carbonyl (C=O) groups is 1.